The quantitative estimate of drug-likeness (QED) is 0.0389. The number of thiazole rings is 3. The van der Waals surface area contributed by atoms with Crippen molar-refractivity contribution in [3.8, 4) is 66.1 Å². The zero-order chi connectivity index (χ0) is 60.1. The second-order valence-corrected chi connectivity index (χ2v) is 24.6. The summed E-state index contributed by atoms with van der Waals surface area (Å²) >= 11 is 4.30. The molecule has 12 aromatic rings. The van der Waals surface area contributed by atoms with Crippen molar-refractivity contribution in [1.29, 1.82) is 0 Å². The van der Waals surface area contributed by atoms with Crippen LogP contribution in [0.25, 0.3) is 66.1 Å². The Labute approximate surface area is 516 Å². The predicted molar refractivity (Wildman–Crippen MR) is 325 cm³/mol. The van der Waals surface area contributed by atoms with Crippen LogP contribution in [0, 0.1) is 0 Å². The van der Waals surface area contributed by atoms with Gasteiger partial charge in [0, 0.05) is 73.5 Å². The summed E-state index contributed by atoms with van der Waals surface area (Å²) in [5, 5.41) is 50.0. The van der Waals surface area contributed by atoms with E-state index in [2.05, 4.69) is 51.5 Å². The summed E-state index contributed by atoms with van der Waals surface area (Å²) in [5.41, 5.74) is 5.99. The van der Waals surface area contributed by atoms with Crippen LogP contribution in [-0.2, 0) is 14.2 Å². The molecule has 3 fully saturated rings. The molecule has 3 aliphatic rings. The fourth-order valence-electron chi connectivity index (χ4n) is 10.9. The number of nitrogens with zero attached hydrogens (tertiary/aromatic N) is 12. The van der Waals surface area contributed by atoms with Gasteiger partial charge in [-0.05, 0) is 88.8 Å². The summed E-state index contributed by atoms with van der Waals surface area (Å²) in [6.07, 6.45) is 22.4. The molecule has 30 heteroatoms. The summed E-state index contributed by atoms with van der Waals surface area (Å²) < 4.78 is 42.3. The Balaban J connectivity index is 0.609. The number of rotatable bonds is 21. The summed E-state index contributed by atoms with van der Waals surface area (Å²) in [6, 6.07) is 10.1. The highest BCUT2D eigenvalue weighted by Gasteiger charge is 2.37. The van der Waals surface area contributed by atoms with E-state index >= 15 is 0 Å². The number of ether oxygens (including phenoxy) is 3. The molecule has 1 saturated heterocycles. The van der Waals surface area contributed by atoms with Gasteiger partial charge in [0.15, 0.2) is 17.3 Å². The normalized spacial score (nSPS) is 18.4. The van der Waals surface area contributed by atoms with Crippen LogP contribution in [0.3, 0.4) is 0 Å². The molecular formula is C59H54N18O9S3. The summed E-state index contributed by atoms with van der Waals surface area (Å²) in [7, 11) is 0. The van der Waals surface area contributed by atoms with Crippen molar-refractivity contribution in [1.82, 2.24) is 74.9 Å². The SMILES string of the molecule is CC(O[C@H]1C[C@@H](n2cc(NC(=O)c3ccc(-c4cn[nH]c4)o3)c(-c3nccs3)n2)C1)c1csc(-c2nn([C@H]3C[C@@H](OC(C)c4cnc(-c5nn(C6CCOCC6)cc5NC(=O)c5ccc(-c6cn[nH]c6)o5)s4)C3)cc2NC(=O)c2ccc(-c3cn[nH]c3)o2)n1. The molecule has 12 aromatic heterocycles. The van der Waals surface area contributed by atoms with Crippen LogP contribution in [0.2, 0.25) is 0 Å². The summed E-state index contributed by atoms with van der Waals surface area (Å²) in [6.45, 7) is 5.22. The number of hydrogen-bond acceptors (Lipinski definition) is 21. The molecule has 2 aliphatic carbocycles. The number of aromatic amines is 3. The van der Waals surface area contributed by atoms with Crippen molar-refractivity contribution in [2.24, 2.45) is 0 Å². The minimum absolute atomic E-state index is 0.0110. The van der Waals surface area contributed by atoms with E-state index in [4.69, 9.17) is 52.7 Å². The second-order valence-electron chi connectivity index (χ2n) is 21.8. The Hall–Kier alpha value is -9.72. The molecule has 15 rings (SSSR count). The topological polar surface area (TPSA) is 333 Å². The highest BCUT2D eigenvalue weighted by atomic mass is 32.1. The minimum atomic E-state index is -0.452. The van der Waals surface area contributed by atoms with Crippen LogP contribution >= 0.6 is 34.0 Å². The first kappa shape index (κ1) is 55.8. The third-order valence-corrected chi connectivity index (χ3v) is 18.7. The van der Waals surface area contributed by atoms with Crippen LogP contribution in [0.15, 0.2) is 129 Å². The van der Waals surface area contributed by atoms with Gasteiger partial charge in [-0.3, -0.25) is 43.7 Å². The van der Waals surface area contributed by atoms with Crippen molar-refractivity contribution in [3.63, 3.8) is 0 Å². The molecule has 0 radical (unpaired) electrons. The van der Waals surface area contributed by atoms with E-state index in [1.54, 1.807) is 86.0 Å². The lowest BCUT2D eigenvalue weighted by Gasteiger charge is -2.36. The van der Waals surface area contributed by atoms with Crippen LogP contribution < -0.4 is 16.0 Å². The van der Waals surface area contributed by atoms with Gasteiger partial charge in [-0.1, -0.05) is 0 Å². The van der Waals surface area contributed by atoms with Gasteiger partial charge < -0.3 is 43.4 Å². The van der Waals surface area contributed by atoms with Gasteiger partial charge in [-0.2, -0.15) is 30.6 Å². The summed E-state index contributed by atoms with van der Waals surface area (Å²) in [4.78, 5) is 56.2. The van der Waals surface area contributed by atoms with Gasteiger partial charge in [0.05, 0.1) is 105 Å². The standard InChI is InChI=1S/C59H54N18O9S3/c1-30(82-38-15-36(16-38)76-27-40(51(72-76)57-60-11-14-87-57)68-54(78)47-6-3-44(84-47)32-19-62-63-20-32)43-29-88-59(71-43)53-42(70-56(80)49-8-5-46(86-49)34-23-66-67-24-34)28-77(74-53)37-17-39(18-37)83-31(2)50-25-61-58(89-50)52-41(26-75(73-52)35-9-12-81-13-10-35)69-55(79)48-7-4-45(85-48)33-21-64-65-22-33/h3-8,11,14,19-31,35-39H,9-10,12-13,15-18H2,1-2H3,(H,62,63)(H,64,65)(H,66,67)(H,68,78)(H,69,79)(H,70,80)/t30?,31?,36-,37-,38+,39+. The van der Waals surface area contributed by atoms with Gasteiger partial charge in [0.2, 0.25) is 0 Å². The number of amides is 3. The van der Waals surface area contributed by atoms with Gasteiger partial charge in [-0.25, -0.2) is 15.0 Å². The zero-order valence-corrected chi connectivity index (χ0v) is 49.9. The van der Waals surface area contributed by atoms with Crippen molar-refractivity contribution >= 4 is 68.8 Å². The molecule has 2 saturated carbocycles. The smallest absolute Gasteiger partial charge is 0.291 e. The highest BCUT2D eigenvalue weighted by Crippen LogP contribution is 2.44. The van der Waals surface area contributed by atoms with E-state index in [0.29, 0.717) is 111 Å². The number of hydrogen-bond donors (Lipinski definition) is 6. The third kappa shape index (κ3) is 11.5. The van der Waals surface area contributed by atoms with Gasteiger partial charge in [0.25, 0.3) is 17.7 Å². The largest absolute Gasteiger partial charge is 0.451 e. The molecule has 27 nitrogen and oxygen atoms in total. The first-order valence-electron chi connectivity index (χ1n) is 28.7. The molecule has 1 aliphatic heterocycles. The van der Waals surface area contributed by atoms with E-state index in [0.717, 1.165) is 34.5 Å². The molecule has 452 valence electrons. The maximum Gasteiger partial charge on any atom is 0.291 e. The number of aromatic nitrogens is 15. The molecule has 2 atom stereocenters. The third-order valence-electron chi connectivity index (χ3n) is 15.9. The van der Waals surface area contributed by atoms with E-state index < -0.39 is 17.7 Å². The lowest BCUT2D eigenvalue weighted by molar-refractivity contribution is -0.0698. The Kier molecular flexibility index (Phi) is 14.9. The van der Waals surface area contributed by atoms with Crippen LogP contribution in [0.1, 0.15) is 125 Å². The van der Waals surface area contributed by atoms with Gasteiger partial charge in [-0.15, -0.1) is 34.0 Å². The Morgan fingerprint density at radius 3 is 1.52 bits per heavy atom. The number of anilines is 3. The second kappa shape index (κ2) is 23.8. The van der Waals surface area contributed by atoms with Crippen LogP contribution in [0.5, 0.6) is 0 Å². The van der Waals surface area contributed by atoms with Gasteiger partial charge in [0.1, 0.15) is 49.4 Å². The van der Waals surface area contributed by atoms with Crippen LogP contribution in [0.4, 0.5) is 17.1 Å². The Morgan fingerprint density at radius 1 is 0.573 bits per heavy atom. The monoisotopic (exact) mass is 1250 g/mol. The molecule has 89 heavy (non-hydrogen) atoms. The first-order valence-corrected chi connectivity index (χ1v) is 31.3. The average Bonchev–Trinajstić information content (AvgIpc) is 2.08. The molecule has 2 unspecified atom stereocenters. The lowest BCUT2D eigenvalue weighted by atomic mass is 9.89. The Morgan fingerprint density at radius 2 is 1.04 bits per heavy atom. The number of H-pyrrole nitrogens is 3. The van der Waals surface area contributed by atoms with Crippen molar-refractivity contribution in [3.05, 3.63) is 143 Å². The van der Waals surface area contributed by atoms with Crippen molar-refractivity contribution in [2.45, 2.75) is 94.9 Å². The number of carbonyl (C=O) groups excluding carboxylic acids is 3. The first-order chi connectivity index (χ1) is 43.5. The molecule has 13 heterocycles. The molecule has 0 aromatic carbocycles. The number of furan rings is 3. The molecular weight excluding hydrogens is 1200 g/mol. The molecule has 6 N–H and O–H groups in total. The zero-order valence-electron chi connectivity index (χ0n) is 47.4. The minimum Gasteiger partial charge on any atom is -0.451 e. The van der Waals surface area contributed by atoms with E-state index in [1.165, 1.54) is 34.0 Å². The molecule has 0 spiro atoms. The maximum atomic E-state index is 13.9. The van der Waals surface area contributed by atoms with Crippen LogP contribution in [-0.4, -0.2) is 118 Å². The van der Waals surface area contributed by atoms with E-state index in [9.17, 15) is 14.4 Å². The van der Waals surface area contributed by atoms with Crippen molar-refractivity contribution < 1.29 is 41.8 Å². The van der Waals surface area contributed by atoms with Gasteiger partial charge >= 0.3 is 0 Å². The lowest BCUT2D eigenvalue weighted by Crippen LogP contribution is -2.34. The molecule has 0 bridgehead atoms. The fourth-order valence-corrected chi connectivity index (χ4v) is 13.4. The predicted octanol–water partition coefficient (Wildman–Crippen LogP) is 11.7. The number of nitrogens with one attached hydrogen (secondary N) is 6. The molecule has 3 amide bonds. The number of carbonyl (C=O) groups is 3. The Bertz CT molecular complexity index is 4410. The van der Waals surface area contributed by atoms with Crippen molar-refractivity contribution in [2.75, 3.05) is 29.2 Å². The average molecular weight is 1260 g/mol. The van der Waals surface area contributed by atoms with E-state index in [-0.39, 0.29) is 59.8 Å². The fraction of sp³-hybridized carbons (Fsp3) is 0.288. The van der Waals surface area contributed by atoms with E-state index in [1.807, 2.05) is 57.2 Å². The highest BCUT2D eigenvalue weighted by molar-refractivity contribution is 7.15. The summed E-state index contributed by atoms with van der Waals surface area (Å²) in [5.74, 6) is 0.644. The maximum absolute atomic E-state index is 13.9.